The summed E-state index contributed by atoms with van der Waals surface area (Å²) in [4.78, 5) is 0. The maximum atomic E-state index is 5.45. The molecule has 0 amide bonds. The number of rotatable bonds is 1. The van der Waals surface area contributed by atoms with Gasteiger partial charge >= 0.3 is 0 Å². The van der Waals surface area contributed by atoms with Crippen LogP contribution in [0, 0.1) is 0 Å². The largest absolute Gasteiger partial charge is 0.492 e. The van der Waals surface area contributed by atoms with Crippen LogP contribution in [0.1, 0.15) is 0 Å². The van der Waals surface area contributed by atoms with Crippen LogP contribution in [0.2, 0.25) is 0 Å². The van der Waals surface area contributed by atoms with Crippen molar-refractivity contribution < 1.29 is 9.47 Å². The van der Waals surface area contributed by atoms with E-state index in [1.54, 1.807) is 0 Å². The Labute approximate surface area is 72.0 Å². The highest BCUT2D eigenvalue weighted by Crippen LogP contribution is 2.11. The van der Waals surface area contributed by atoms with Gasteiger partial charge in [-0.15, -0.1) is 0 Å². The van der Waals surface area contributed by atoms with Crippen molar-refractivity contribution in [1.82, 2.24) is 5.32 Å². The Morgan fingerprint density at radius 3 is 3.17 bits per heavy atom. The zero-order chi connectivity index (χ0) is 8.23. The molecule has 0 saturated carbocycles. The first-order chi connectivity index (χ1) is 5.97. The van der Waals surface area contributed by atoms with E-state index in [1.165, 1.54) is 0 Å². The molecule has 0 bridgehead atoms. The van der Waals surface area contributed by atoms with Gasteiger partial charge in [0.15, 0.2) is 0 Å². The standard InChI is InChI=1S/C9H13NO2/c1-2-5-12-9(3-1)8-7-11-6-4-10-8/h1-3,8,10H,4-7H2. The van der Waals surface area contributed by atoms with Crippen molar-refractivity contribution in [2.24, 2.45) is 0 Å². The van der Waals surface area contributed by atoms with Gasteiger partial charge in [-0.25, -0.2) is 0 Å². The highest BCUT2D eigenvalue weighted by atomic mass is 16.5. The van der Waals surface area contributed by atoms with E-state index in [0.717, 1.165) is 25.5 Å². The molecule has 1 N–H and O–H groups in total. The van der Waals surface area contributed by atoms with Crippen molar-refractivity contribution in [1.29, 1.82) is 0 Å². The summed E-state index contributed by atoms with van der Waals surface area (Å²) in [5.74, 6) is 0.997. The van der Waals surface area contributed by atoms with Crippen LogP contribution in [0.25, 0.3) is 0 Å². The summed E-state index contributed by atoms with van der Waals surface area (Å²) in [5, 5.41) is 3.34. The van der Waals surface area contributed by atoms with Crippen molar-refractivity contribution in [3.05, 3.63) is 24.0 Å². The first-order valence-corrected chi connectivity index (χ1v) is 4.27. The number of ether oxygens (including phenoxy) is 2. The predicted octanol–water partition coefficient (Wildman–Crippen LogP) is 0.445. The Morgan fingerprint density at radius 1 is 1.50 bits per heavy atom. The lowest BCUT2D eigenvalue weighted by molar-refractivity contribution is 0.0646. The van der Waals surface area contributed by atoms with Gasteiger partial charge in [0, 0.05) is 6.54 Å². The summed E-state index contributed by atoms with van der Waals surface area (Å²) in [7, 11) is 0. The molecule has 0 spiro atoms. The van der Waals surface area contributed by atoms with E-state index in [4.69, 9.17) is 9.47 Å². The maximum Gasteiger partial charge on any atom is 0.116 e. The van der Waals surface area contributed by atoms with E-state index >= 15 is 0 Å². The lowest BCUT2D eigenvalue weighted by Crippen LogP contribution is -2.43. The highest BCUT2D eigenvalue weighted by molar-refractivity contribution is 5.16. The zero-order valence-corrected chi connectivity index (χ0v) is 6.95. The van der Waals surface area contributed by atoms with Gasteiger partial charge in [-0.05, 0) is 12.2 Å². The number of hydrogen-bond donors (Lipinski definition) is 1. The minimum atomic E-state index is 0.253. The molecule has 3 heteroatoms. The Kier molecular flexibility index (Phi) is 2.44. The van der Waals surface area contributed by atoms with E-state index in [0.29, 0.717) is 6.61 Å². The monoisotopic (exact) mass is 167 g/mol. The lowest BCUT2D eigenvalue weighted by Gasteiger charge is -2.26. The van der Waals surface area contributed by atoms with Gasteiger partial charge in [-0.2, -0.15) is 0 Å². The molecular weight excluding hydrogens is 154 g/mol. The minimum Gasteiger partial charge on any atom is -0.492 e. The van der Waals surface area contributed by atoms with Crippen LogP contribution in [0.5, 0.6) is 0 Å². The molecule has 2 aliphatic rings. The molecule has 0 aromatic heterocycles. The van der Waals surface area contributed by atoms with Gasteiger partial charge < -0.3 is 14.8 Å². The molecule has 0 radical (unpaired) electrons. The average molecular weight is 167 g/mol. The quantitative estimate of drug-likeness (QED) is 0.615. The van der Waals surface area contributed by atoms with E-state index < -0.39 is 0 Å². The third-order valence-electron chi connectivity index (χ3n) is 2.01. The van der Waals surface area contributed by atoms with Gasteiger partial charge in [0.05, 0.1) is 19.3 Å². The van der Waals surface area contributed by atoms with Crippen LogP contribution in [-0.4, -0.2) is 32.4 Å². The lowest BCUT2D eigenvalue weighted by atomic mass is 10.2. The first-order valence-electron chi connectivity index (χ1n) is 4.27. The summed E-state index contributed by atoms with van der Waals surface area (Å²) in [6, 6.07) is 0.253. The topological polar surface area (TPSA) is 30.5 Å². The van der Waals surface area contributed by atoms with Gasteiger partial charge in [-0.1, -0.05) is 6.08 Å². The number of morpholine rings is 1. The van der Waals surface area contributed by atoms with Crippen LogP contribution in [0.4, 0.5) is 0 Å². The zero-order valence-electron chi connectivity index (χ0n) is 6.95. The van der Waals surface area contributed by atoms with Crippen molar-refractivity contribution in [2.75, 3.05) is 26.4 Å². The second-order valence-corrected chi connectivity index (χ2v) is 2.89. The molecule has 66 valence electrons. The number of hydrogen-bond acceptors (Lipinski definition) is 3. The summed E-state index contributed by atoms with van der Waals surface area (Å²) >= 11 is 0. The average Bonchev–Trinajstić information content (AvgIpc) is 2.21. The van der Waals surface area contributed by atoms with Gasteiger partial charge in [-0.3, -0.25) is 0 Å². The van der Waals surface area contributed by atoms with Gasteiger partial charge in [0.25, 0.3) is 0 Å². The molecule has 1 unspecified atom stereocenters. The molecule has 0 aliphatic carbocycles. The maximum absolute atomic E-state index is 5.45. The fourth-order valence-electron chi connectivity index (χ4n) is 1.38. The smallest absolute Gasteiger partial charge is 0.116 e. The van der Waals surface area contributed by atoms with Crippen molar-refractivity contribution in [2.45, 2.75) is 6.04 Å². The molecule has 12 heavy (non-hydrogen) atoms. The molecule has 2 heterocycles. The molecule has 0 aromatic carbocycles. The molecule has 0 aromatic rings. The molecular formula is C9H13NO2. The second kappa shape index (κ2) is 3.74. The van der Waals surface area contributed by atoms with Crippen LogP contribution >= 0.6 is 0 Å². The number of nitrogens with one attached hydrogen (secondary N) is 1. The van der Waals surface area contributed by atoms with Crippen molar-refractivity contribution in [3.63, 3.8) is 0 Å². The van der Waals surface area contributed by atoms with E-state index in [1.807, 2.05) is 18.2 Å². The van der Waals surface area contributed by atoms with Crippen LogP contribution in [0.3, 0.4) is 0 Å². The van der Waals surface area contributed by atoms with Crippen LogP contribution < -0.4 is 5.32 Å². The molecule has 2 aliphatic heterocycles. The summed E-state index contributed by atoms with van der Waals surface area (Å²) < 4.78 is 10.8. The summed E-state index contributed by atoms with van der Waals surface area (Å²) in [6.45, 7) is 3.12. The van der Waals surface area contributed by atoms with Gasteiger partial charge in [0.2, 0.25) is 0 Å². The van der Waals surface area contributed by atoms with Crippen LogP contribution in [0.15, 0.2) is 24.0 Å². The van der Waals surface area contributed by atoms with Crippen molar-refractivity contribution >= 4 is 0 Å². The molecule has 3 nitrogen and oxygen atoms in total. The Bertz CT molecular complexity index is 205. The minimum absolute atomic E-state index is 0.253. The molecule has 2 rings (SSSR count). The SMILES string of the molecule is C1=CCOC(C2COCCN2)=C1. The van der Waals surface area contributed by atoms with E-state index in [2.05, 4.69) is 5.32 Å². The van der Waals surface area contributed by atoms with Gasteiger partial charge in [0.1, 0.15) is 12.4 Å². The first kappa shape index (κ1) is 7.83. The molecule has 1 fully saturated rings. The normalized spacial score (nSPS) is 29.3. The molecule has 1 atom stereocenters. The predicted molar refractivity (Wildman–Crippen MR) is 45.8 cm³/mol. The fraction of sp³-hybridized carbons (Fsp3) is 0.556. The van der Waals surface area contributed by atoms with Crippen LogP contribution in [-0.2, 0) is 9.47 Å². The highest BCUT2D eigenvalue weighted by Gasteiger charge is 2.18. The van der Waals surface area contributed by atoms with E-state index in [9.17, 15) is 0 Å². The van der Waals surface area contributed by atoms with E-state index in [-0.39, 0.29) is 6.04 Å². The summed E-state index contributed by atoms with van der Waals surface area (Å²) in [5.41, 5.74) is 0. The number of allylic oxidation sites excluding steroid dienone is 2. The second-order valence-electron chi connectivity index (χ2n) is 2.89. The summed E-state index contributed by atoms with van der Waals surface area (Å²) in [6.07, 6.45) is 6.01. The Hall–Kier alpha value is -0.800. The third kappa shape index (κ3) is 1.68. The third-order valence-corrected chi connectivity index (χ3v) is 2.01. The van der Waals surface area contributed by atoms with Crippen molar-refractivity contribution in [3.8, 4) is 0 Å². The Balaban J connectivity index is 1.97. The Morgan fingerprint density at radius 2 is 2.50 bits per heavy atom. The fourth-order valence-corrected chi connectivity index (χ4v) is 1.38. The molecule has 1 saturated heterocycles.